The number of phosphoric ester groups is 1. The standard InChI is InChI=1S/C24H50NO7P/c1-5-6-7-8-9-10-11-12-13-14-15-16-17-18-24(27)30-21-23(26)22-32-33(28,29)31-20-19-25(2,3)4/h23,26H,5-22H2,1-4H3/p+1/t23-/m1/s1/i1D3,2D3,3D3,4D3,5D2,6D2,7D2,8D2,9D2,10D2,11D2,12D2,13D2,14D2,15D2,16D2,17D2,18D2,19D2,20D2,21D2,22D2,23D. The second-order valence-electron chi connectivity index (χ2n) is 4.23. The van der Waals surface area contributed by atoms with Gasteiger partial charge in [-0.1, -0.05) is 83.3 Å². The maximum Gasteiger partial charge on any atom is 0.472 e. The number of phosphoric acid groups is 1. The number of aliphatic hydroxyl groups is 1. The smallest absolute Gasteiger partial charge is 0.463 e. The quantitative estimate of drug-likeness (QED) is 0.103. The SMILES string of the molecule is [2H]C([2H])([2H])C([2H])([2H])C([2H])([2H])C([2H])([2H])C([2H])([2H])C([2H])([2H])C([2H])([2H])C([2H])([2H])C([2H])([2H])C([2H])([2H])C([2H])([2H])C([2H])([2H])C([2H])([2H])C([2H])([2H])C([2H])([2H])C(=O)OC([2H])([2H])[C@@]([2H])(O)C([2H])([2H])OP(=O)(O)OC([2H])([2H])C([2H])([2H])[N+](C([2H])([2H])[2H])(C([2H])([2H])[2H])C([2H])([2H])[2H]. The Bertz CT molecular complexity index is 2350. The number of carbonyl (C=O) groups excluding carboxylic acids is 1. The summed E-state index contributed by atoms with van der Waals surface area (Å²) in [6.45, 7) is -39.3. The molecule has 0 aliphatic heterocycles. The lowest BCUT2D eigenvalue weighted by atomic mass is 10.0. The van der Waals surface area contributed by atoms with Crippen molar-refractivity contribution in [1.82, 2.24) is 0 Å². The first-order valence-corrected chi connectivity index (χ1v) is 8.88. The summed E-state index contributed by atoms with van der Waals surface area (Å²) >= 11 is 0. The van der Waals surface area contributed by atoms with Crippen LogP contribution in [0.5, 0.6) is 0 Å². The van der Waals surface area contributed by atoms with Gasteiger partial charge in [0.25, 0.3) is 0 Å². The Morgan fingerprint density at radius 1 is 0.939 bits per heavy atom. The molecule has 0 aromatic carbocycles. The Kier molecular flexibility index (Phi) is 2.98. The van der Waals surface area contributed by atoms with Crippen molar-refractivity contribution in [2.75, 3.05) is 47.1 Å². The Labute approximate surface area is 271 Å². The Morgan fingerprint density at radius 3 is 2.03 bits per heavy atom. The average Bonchev–Trinajstić information content (AvgIpc) is 3.16. The monoisotopic (exact) mass is 546 g/mol. The number of rotatable bonds is 23. The van der Waals surface area contributed by atoms with E-state index in [2.05, 4.69) is 13.8 Å². The molecule has 0 aliphatic rings. The van der Waals surface area contributed by atoms with Gasteiger partial charge in [0.2, 0.25) is 0 Å². The van der Waals surface area contributed by atoms with Gasteiger partial charge in [-0.3, -0.25) is 13.8 Å². The fourth-order valence-electron chi connectivity index (χ4n) is 0.833. The van der Waals surface area contributed by atoms with Gasteiger partial charge in [0.05, 0.1) is 52.2 Å². The summed E-state index contributed by atoms with van der Waals surface area (Å²) in [6.07, 6.45) is -79.2. The molecule has 2 atom stereocenters. The van der Waals surface area contributed by atoms with E-state index in [1.165, 1.54) is 0 Å². The molecular weight excluding hydrogens is 445 g/mol. The molecule has 2 N–H and O–H groups in total. The lowest BCUT2D eigenvalue weighted by Crippen LogP contribution is -2.37. The van der Waals surface area contributed by atoms with Crippen LogP contribution in [0.1, 0.15) is 163 Å². The summed E-state index contributed by atoms with van der Waals surface area (Å²) < 4.78 is 409. The molecule has 0 amide bonds. The topological polar surface area (TPSA) is 102 Å². The maximum absolute atomic E-state index is 13.3. The van der Waals surface area contributed by atoms with Crippen molar-refractivity contribution in [3.8, 4) is 0 Å². The average molecular weight is 546 g/mol. The van der Waals surface area contributed by atoms with E-state index in [0.29, 0.717) is 0 Å². The minimum Gasteiger partial charge on any atom is -0.463 e. The van der Waals surface area contributed by atoms with Crippen molar-refractivity contribution in [3.05, 3.63) is 0 Å². The van der Waals surface area contributed by atoms with E-state index in [-0.39, 0.29) is 0 Å². The second-order valence-corrected chi connectivity index (χ2v) is 5.53. The molecule has 0 fully saturated rings. The van der Waals surface area contributed by atoms with Gasteiger partial charge in [0, 0.05) is 48.9 Å². The van der Waals surface area contributed by atoms with Crippen LogP contribution in [0.4, 0.5) is 0 Å². The summed E-state index contributed by atoms with van der Waals surface area (Å²) in [4.78, 5) is 23.6. The predicted octanol–water partition coefficient (Wildman–Crippen LogP) is 5.21. The molecule has 0 heterocycles. The van der Waals surface area contributed by atoms with Crippen molar-refractivity contribution in [2.45, 2.75) is 102 Å². The highest BCUT2D eigenvalue weighted by Crippen LogP contribution is 2.43. The van der Waals surface area contributed by atoms with Crippen LogP contribution >= 0.6 is 7.82 Å². The summed E-state index contributed by atoms with van der Waals surface area (Å²) in [5, 5.41) is 10.7. The first-order valence-electron chi connectivity index (χ1n) is 31.9. The Balaban J connectivity index is 7.69. The zero-order valence-corrected chi connectivity index (χ0v) is 16.7. The summed E-state index contributed by atoms with van der Waals surface area (Å²) in [5.74, 6) is -3.46. The Morgan fingerprint density at radius 2 is 1.48 bits per heavy atom. The molecule has 9 heteroatoms. The van der Waals surface area contributed by atoms with E-state index in [1.54, 1.807) is 0 Å². The lowest BCUT2D eigenvalue weighted by Gasteiger charge is -2.24. The van der Waals surface area contributed by atoms with Crippen molar-refractivity contribution >= 4 is 13.8 Å². The largest absolute Gasteiger partial charge is 0.472 e. The second kappa shape index (κ2) is 19.8. The first-order chi connectivity index (χ1) is 34.3. The molecule has 33 heavy (non-hydrogen) atoms. The van der Waals surface area contributed by atoms with Gasteiger partial charge in [-0.05, 0) is 6.37 Å². The first kappa shape index (κ1) is 4.98. The highest BCUT2D eigenvalue weighted by molar-refractivity contribution is 7.47. The van der Waals surface area contributed by atoms with Gasteiger partial charge in [-0.2, -0.15) is 0 Å². The molecule has 0 saturated carbocycles. The normalized spacial score (nSPS) is 47.0. The van der Waals surface area contributed by atoms with Crippen LogP contribution in [0.2, 0.25) is 0 Å². The third kappa shape index (κ3) is 24.4. The molecule has 0 saturated heterocycles. The van der Waals surface area contributed by atoms with Gasteiger partial charge >= 0.3 is 13.8 Å². The van der Waals surface area contributed by atoms with Gasteiger partial charge in [0.15, 0.2) is 0 Å². The fraction of sp³-hybridized carbons (Fsp3) is 0.958. The molecule has 0 bridgehead atoms. The lowest BCUT2D eigenvalue weighted by molar-refractivity contribution is -0.870. The summed E-state index contributed by atoms with van der Waals surface area (Å²) in [5.41, 5.74) is 0. The molecule has 8 nitrogen and oxygen atoms in total. The molecule has 0 spiro atoms. The van der Waals surface area contributed by atoms with E-state index >= 15 is 0 Å². The molecule has 198 valence electrons. The van der Waals surface area contributed by atoms with E-state index in [1.807, 2.05) is 0 Å². The zero-order valence-electron chi connectivity index (χ0n) is 64.8. The molecule has 1 unspecified atom stereocenters. The highest BCUT2D eigenvalue weighted by Gasteiger charge is 2.24. The molecule has 0 aliphatic carbocycles. The third-order valence-corrected chi connectivity index (χ3v) is 2.43. The van der Waals surface area contributed by atoms with E-state index in [9.17, 15) is 19.4 Å². The predicted molar refractivity (Wildman–Crippen MR) is 132 cm³/mol. The van der Waals surface area contributed by atoms with Crippen molar-refractivity contribution in [1.29, 1.82) is 0 Å². The molecule has 0 radical (unpaired) electrons. The van der Waals surface area contributed by atoms with Crippen LogP contribution in [0.3, 0.4) is 0 Å². The van der Waals surface area contributed by atoms with Crippen LogP contribution in [0.15, 0.2) is 0 Å². The molecule has 0 rings (SSSR count). The van der Waals surface area contributed by atoms with Crippen LogP contribution in [-0.4, -0.2) is 73.6 Å². The van der Waals surface area contributed by atoms with E-state index in [4.69, 9.17) is 67.2 Å². The molecule has 0 aromatic rings. The third-order valence-electron chi connectivity index (χ3n) is 1.79. The number of ether oxygens (including phenoxy) is 1. The number of likely N-dealkylation sites (N-methyl/N-ethyl adjacent to an activating group) is 1. The number of quaternary nitrogens is 1. The number of esters is 1. The zero-order chi connectivity index (χ0) is 68.2. The van der Waals surface area contributed by atoms with Gasteiger partial charge in [-0.25, -0.2) is 4.57 Å². The number of nitrogens with zero attached hydrogens (tertiary/aromatic N) is 1. The number of hydrogen-bond acceptors (Lipinski definition) is 6. The molecular formula is C24H51NO7P+. The van der Waals surface area contributed by atoms with Crippen LogP contribution < -0.4 is 0 Å². The van der Waals surface area contributed by atoms with E-state index in [0.717, 1.165) is 0 Å². The minimum absolute atomic E-state index is 3.46. The van der Waals surface area contributed by atoms with Crippen molar-refractivity contribution in [3.63, 3.8) is 0 Å². The Hall–Kier alpha value is -0.500. The summed E-state index contributed by atoms with van der Waals surface area (Å²) in [6, 6.07) is 0. The molecule has 0 aromatic heterocycles. The van der Waals surface area contributed by atoms with Crippen LogP contribution in [-0.2, 0) is 23.1 Å². The van der Waals surface area contributed by atoms with Gasteiger partial charge in [-0.15, -0.1) is 0 Å². The number of carbonyl (C=O) groups is 1. The van der Waals surface area contributed by atoms with Crippen molar-refractivity contribution < 1.29 is 105 Å². The number of hydrogen-bond donors (Lipinski definition) is 2. The van der Waals surface area contributed by atoms with Crippen LogP contribution in [0.25, 0.3) is 0 Å². The maximum atomic E-state index is 13.3. The van der Waals surface area contributed by atoms with E-state index < -0.39 is 168 Å². The van der Waals surface area contributed by atoms with Crippen LogP contribution in [0, 0.1) is 0 Å². The van der Waals surface area contributed by atoms with Gasteiger partial charge in [0.1, 0.15) is 25.7 Å². The summed E-state index contributed by atoms with van der Waals surface area (Å²) in [7, 11) is -7.25. The van der Waals surface area contributed by atoms with Gasteiger partial charge < -0.3 is 19.2 Å². The highest BCUT2D eigenvalue weighted by atomic mass is 31.2. The fourth-order valence-corrected chi connectivity index (χ4v) is 1.23. The van der Waals surface area contributed by atoms with Crippen molar-refractivity contribution in [2.24, 2.45) is 0 Å². The minimum atomic E-state index is -7.25.